The molecule has 2 heterocycles. The Labute approximate surface area is 129 Å². The number of rotatable bonds is 2. The van der Waals surface area contributed by atoms with E-state index in [0.717, 1.165) is 10.4 Å². The number of hydrogen-bond donors (Lipinski definition) is 2. The molecule has 0 bridgehead atoms. The zero-order valence-electron chi connectivity index (χ0n) is 12.5. The molecule has 2 rings (SSSR count). The van der Waals surface area contributed by atoms with Crippen molar-refractivity contribution in [1.29, 1.82) is 0 Å². The van der Waals surface area contributed by atoms with Gasteiger partial charge in [-0.05, 0) is 38.3 Å². The van der Waals surface area contributed by atoms with E-state index in [0.29, 0.717) is 37.2 Å². The summed E-state index contributed by atoms with van der Waals surface area (Å²) in [6.45, 7) is 5.00. The van der Waals surface area contributed by atoms with Crippen LogP contribution in [0.1, 0.15) is 46.3 Å². The molecular formula is C16H21NO3S. The average molecular weight is 307 g/mol. The fraction of sp³-hybridized carbons (Fsp3) is 0.562. The molecule has 1 fully saturated rings. The second-order valence-electron chi connectivity index (χ2n) is 5.69. The molecule has 1 aromatic heterocycles. The van der Waals surface area contributed by atoms with Gasteiger partial charge in [-0.25, -0.2) is 0 Å². The van der Waals surface area contributed by atoms with Crippen LogP contribution < -0.4 is 0 Å². The van der Waals surface area contributed by atoms with Crippen LogP contribution in [0.3, 0.4) is 0 Å². The van der Waals surface area contributed by atoms with Crippen molar-refractivity contribution in [3.8, 4) is 11.8 Å². The molecule has 0 aromatic carbocycles. The second-order valence-corrected chi connectivity index (χ2v) is 6.74. The summed E-state index contributed by atoms with van der Waals surface area (Å²) in [5.41, 5.74) is 0.348. The van der Waals surface area contributed by atoms with Crippen LogP contribution in [-0.4, -0.2) is 46.3 Å². The molecule has 0 radical (unpaired) electrons. The normalized spacial score (nSPS) is 17.2. The Hall–Kier alpha value is -1.35. The van der Waals surface area contributed by atoms with Gasteiger partial charge in [0.25, 0.3) is 5.91 Å². The van der Waals surface area contributed by atoms with Gasteiger partial charge in [-0.3, -0.25) is 4.79 Å². The van der Waals surface area contributed by atoms with Gasteiger partial charge in [0.1, 0.15) is 0 Å². The lowest BCUT2D eigenvalue weighted by atomic mass is 9.94. The second kappa shape index (κ2) is 6.61. The molecule has 1 aliphatic rings. The van der Waals surface area contributed by atoms with Crippen LogP contribution in [0, 0.1) is 18.8 Å². The lowest BCUT2D eigenvalue weighted by Gasteiger charge is -2.35. The first-order chi connectivity index (χ1) is 9.93. The van der Waals surface area contributed by atoms with Crippen LogP contribution >= 0.6 is 11.3 Å². The van der Waals surface area contributed by atoms with Gasteiger partial charge in [0.15, 0.2) is 0 Å². The lowest BCUT2D eigenvalue weighted by molar-refractivity contribution is -0.00188. The van der Waals surface area contributed by atoms with E-state index in [1.165, 1.54) is 11.3 Å². The Balaban J connectivity index is 2.07. The standard InChI is InChI=1S/C16H21NO3S/c1-12-11-14(21-13(12)5-3-4-10-18)15(19)17-8-6-16(2,20)7-9-17/h11,18,20H,4,6-10H2,1-2H3. The van der Waals surface area contributed by atoms with Crippen LogP contribution in [-0.2, 0) is 0 Å². The van der Waals surface area contributed by atoms with Gasteiger partial charge in [-0.2, -0.15) is 0 Å². The van der Waals surface area contributed by atoms with Gasteiger partial charge in [0, 0.05) is 19.5 Å². The Kier molecular flexibility index (Phi) is 5.04. The quantitative estimate of drug-likeness (QED) is 0.819. The first-order valence-electron chi connectivity index (χ1n) is 7.15. The summed E-state index contributed by atoms with van der Waals surface area (Å²) in [5, 5.41) is 18.7. The number of likely N-dealkylation sites (tertiary alicyclic amines) is 1. The SMILES string of the molecule is Cc1cc(C(=O)N2CCC(C)(O)CC2)sc1C#CCCO. The Morgan fingerprint density at radius 3 is 2.76 bits per heavy atom. The van der Waals surface area contributed by atoms with Crippen molar-refractivity contribution in [3.05, 3.63) is 21.4 Å². The van der Waals surface area contributed by atoms with Crippen molar-refractivity contribution in [3.63, 3.8) is 0 Å². The Morgan fingerprint density at radius 1 is 1.48 bits per heavy atom. The molecule has 21 heavy (non-hydrogen) atoms. The van der Waals surface area contributed by atoms with E-state index in [4.69, 9.17) is 5.11 Å². The summed E-state index contributed by atoms with van der Waals surface area (Å²) in [4.78, 5) is 15.9. The maximum atomic E-state index is 12.5. The van der Waals surface area contributed by atoms with E-state index in [1.54, 1.807) is 4.90 Å². The number of aliphatic hydroxyl groups is 2. The van der Waals surface area contributed by atoms with Crippen molar-refractivity contribution in [2.45, 2.75) is 38.7 Å². The Bertz CT molecular complexity index is 570. The fourth-order valence-corrected chi connectivity index (χ4v) is 3.27. The van der Waals surface area contributed by atoms with Crippen molar-refractivity contribution in [2.24, 2.45) is 0 Å². The first-order valence-corrected chi connectivity index (χ1v) is 7.96. The molecule has 5 heteroatoms. The zero-order valence-corrected chi connectivity index (χ0v) is 13.3. The van der Waals surface area contributed by atoms with E-state index in [9.17, 15) is 9.90 Å². The van der Waals surface area contributed by atoms with Crippen LogP contribution in [0.25, 0.3) is 0 Å². The molecule has 0 unspecified atom stereocenters. The average Bonchev–Trinajstić information content (AvgIpc) is 2.80. The highest BCUT2D eigenvalue weighted by Crippen LogP contribution is 2.26. The Morgan fingerprint density at radius 2 is 2.14 bits per heavy atom. The summed E-state index contributed by atoms with van der Waals surface area (Å²) in [6.07, 6.45) is 1.68. The zero-order chi connectivity index (χ0) is 15.5. The molecule has 0 atom stereocenters. The molecule has 1 amide bonds. The maximum Gasteiger partial charge on any atom is 0.263 e. The number of piperidine rings is 1. The van der Waals surface area contributed by atoms with Crippen molar-refractivity contribution < 1.29 is 15.0 Å². The first kappa shape index (κ1) is 16.0. The minimum Gasteiger partial charge on any atom is -0.395 e. The monoisotopic (exact) mass is 307 g/mol. The molecule has 2 N–H and O–H groups in total. The third-order valence-electron chi connectivity index (χ3n) is 3.70. The topological polar surface area (TPSA) is 60.8 Å². The van der Waals surface area contributed by atoms with Gasteiger partial charge in [0.2, 0.25) is 0 Å². The summed E-state index contributed by atoms with van der Waals surface area (Å²) in [7, 11) is 0. The predicted octanol–water partition coefficient (Wildman–Crippen LogP) is 1.78. The fourth-order valence-electron chi connectivity index (χ4n) is 2.26. The maximum absolute atomic E-state index is 12.5. The number of hydrogen-bond acceptors (Lipinski definition) is 4. The molecule has 0 saturated carbocycles. The van der Waals surface area contributed by atoms with E-state index >= 15 is 0 Å². The van der Waals surface area contributed by atoms with Crippen molar-refractivity contribution in [2.75, 3.05) is 19.7 Å². The molecule has 0 spiro atoms. The largest absolute Gasteiger partial charge is 0.395 e. The number of carbonyl (C=O) groups excluding carboxylic acids is 1. The van der Waals surface area contributed by atoms with Crippen molar-refractivity contribution >= 4 is 17.2 Å². The number of amides is 1. The van der Waals surface area contributed by atoms with Gasteiger partial charge < -0.3 is 15.1 Å². The highest BCUT2D eigenvalue weighted by atomic mass is 32.1. The summed E-state index contributed by atoms with van der Waals surface area (Å²) in [5.74, 6) is 5.91. The molecule has 1 aliphatic heterocycles. The third kappa shape index (κ3) is 4.07. The van der Waals surface area contributed by atoms with Gasteiger partial charge in [0.05, 0.1) is 22.0 Å². The number of aliphatic hydroxyl groups excluding tert-OH is 1. The molecule has 1 aromatic rings. The minimum absolute atomic E-state index is 0.0220. The predicted molar refractivity (Wildman–Crippen MR) is 83.4 cm³/mol. The number of nitrogens with zero attached hydrogens (tertiary/aromatic N) is 1. The highest BCUT2D eigenvalue weighted by molar-refractivity contribution is 7.14. The van der Waals surface area contributed by atoms with Crippen LogP contribution in [0.2, 0.25) is 0 Å². The number of aryl methyl sites for hydroxylation is 1. The molecule has 1 saturated heterocycles. The van der Waals surface area contributed by atoms with Crippen LogP contribution in [0.5, 0.6) is 0 Å². The number of thiophene rings is 1. The minimum atomic E-state index is -0.650. The van der Waals surface area contributed by atoms with Crippen LogP contribution in [0.4, 0.5) is 0 Å². The van der Waals surface area contributed by atoms with Gasteiger partial charge in [-0.1, -0.05) is 11.8 Å². The molecule has 114 valence electrons. The molecular weight excluding hydrogens is 286 g/mol. The summed E-state index contributed by atoms with van der Waals surface area (Å²) >= 11 is 1.40. The van der Waals surface area contributed by atoms with Crippen molar-refractivity contribution in [1.82, 2.24) is 4.90 Å². The molecule has 0 aliphatic carbocycles. The lowest BCUT2D eigenvalue weighted by Crippen LogP contribution is -2.44. The number of carbonyl (C=O) groups is 1. The van der Waals surface area contributed by atoms with E-state index in [2.05, 4.69) is 11.8 Å². The smallest absolute Gasteiger partial charge is 0.263 e. The van der Waals surface area contributed by atoms with E-state index in [1.807, 2.05) is 19.9 Å². The van der Waals surface area contributed by atoms with E-state index in [-0.39, 0.29) is 12.5 Å². The summed E-state index contributed by atoms with van der Waals surface area (Å²) < 4.78 is 0. The third-order valence-corrected chi connectivity index (χ3v) is 4.84. The van der Waals surface area contributed by atoms with E-state index < -0.39 is 5.60 Å². The summed E-state index contributed by atoms with van der Waals surface area (Å²) in [6, 6.07) is 1.88. The van der Waals surface area contributed by atoms with Crippen LogP contribution in [0.15, 0.2) is 6.07 Å². The van der Waals surface area contributed by atoms with Gasteiger partial charge in [-0.15, -0.1) is 11.3 Å². The van der Waals surface area contributed by atoms with Gasteiger partial charge >= 0.3 is 0 Å². The highest BCUT2D eigenvalue weighted by Gasteiger charge is 2.30. The molecule has 4 nitrogen and oxygen atoms in total.